The van der Waals surface area contributed by atoms with E-state index < -0.39 is 53.8 Å². The Kier molecular flexibility index (Phi) is 11.6. The Bertz CT molecular complexity index is 1070. The molecule has 1 aromatic carbocycles. The van der Waals surface area contributed by atoms with Gasteiger partial charge in [0.15, 0.2) is 0 Å². The largest absolute Gasteiger partial charge is 0.481 e. The van der Waals surface area contributed by atoms with Crippen LogP contribution in [0, 0.1) is 0 Å². The smallest absolute Gasteiger partial charge is 0.326 e. The third kappa shape index (κ3) is 9.93. The van der Waals surface area contributed by atoms with E-state index in [1.807, 2.05) is 0 Å². The number of nitrogens with two attached hydrogens (primary N) is 1. The zero-order chi connectivity index (χ0) is 27.4. The molecule has 2 rings (SSSR count). The minimum atomic E-state index is -1.30. The van der Waals surface area contributed by atoms with E-state index in [0.29, 0.717) is 11.3 Å². The van der Waals surface area contributed by atoms with Crippen molar-refractivity contribution in [2.45, 2.75) is 49.9 Å². The van der Waals surface area contributed by atoms with Crippen LogP contribution in [0.15, 0.2) is 42.9 Å². The van der Waals surface area contributed by atoms with Gasteiger partial charge in [0, 0.05) is 36.9 Å². The van der Waals surface area contributed by atoms with E-state index in [1.54, 1.807) is 30.3 Å². The Labute approximate surface area is 218 Å². The van der Waals surface area contributed by atoms with Crippen LogP contribution in [0.5, 0.6) is 0 Å². The van der Waals surface area contributed by atoms with Crippen molar-refractivity contribution in [1.29, 1.82) is 0 Å². The summed E-state index contributed by atoms with van der Waals surface area (Å²) in [5.41, 5.74) is 6.89. The quantitative estimate of drug-likeness (QED) is 0.129. The minimum absolute atomic E-state index is 0.0418. The highest BCUT2D eigenvalue weighted by atomic mass is 32.1. The molecule has 0 saturated heterocycles. The normalized spacial score (nSPS) is 14.0. The van der Waals surface area contributed by atoms with E-state index >= 15 is 0 Å². The van der Waals surface area contributed by atoms with Crippen LogP contribution in [0.4, 0.5) is 0 Å². The van der Waals surface area contributed by atoms with Crippen LogP contribution >= 0.6 is 12.6 Å². The number of carbonyl (C=O) groups excluding carboxylic acids is 3. The molecular formula is C23H30N6O7S. The second-order valence-electron chi connectivity index (χ2n) is 8.21. The van der Waals surface area contributed by atoms with Crippen molar-refractivity contribution in [2.75, 3.05) is 5.75 Å². The Hall–Kier alpha value is -3.91. The summed E-state index contributed by atoms with van der Waals surface area (Å²) in [6.07, 6.45) is 2.35. The molecule has 0 aliphatic heterocycles. The Morgan fingerprint density at radius 1 is 0.919 bits per heavy atom. The van der Waals surface area contributed by atoms with Crippen LogP contribution in [0.2, 0.25) is 0 Å². The molecule has 8 N–H and O–H groups in total. The highest BCUT2D eigenvalue weighted by molar-refractivity contribution is 7.80. The molecule has 3 amide bonds. The monoisotopic (exact) mass is 534 g/mol. The van der Waals surface area contributed by atoms with Crippen molar-refractivity contribution in [2.24, 2.45) is 5.73 Å². The van der Waals surface area contributed by atoms with Crippen LogP contribution in [0.3, 0.4) is 0 Å². The Balaban J connectivity index is 2.13. The zero-order valence-electron chi connectivity index (χ0n) is 19.8. The second-order valence-corrected chi connectivity index (χ2v) is 8.58. The van der Waals surface area contributed by atoms with Gasteiger partial charge < -0.3 is 36.9 Å². The van der Waals surface area contributed by atoms with Crippen molar-refractivity contribution in [1.82, 2.24) is 25.9 Å². The third-order valence-corrected chi connectivity index (χ3v) is 5.70. The summed E-state index contributed by atoms with van der Waals surface area (Å²) < 4.78 is 0. The van der Waals surface area contributed by atoms with Crippen LogP contribution in [0.25, 0.3) is 0 Å². The Morgan fingerprint density at radius 2 is 1.54 bits per heavy atom. The van der Waals surface area contributed by atoms with Crippen LogP contribution in [-0.4, -0.2) is 79.8 Å². The number of hydrogen-bond acceptors (Lipinski definition) is 8. The van der Waals surface area contributed by atoms with E-state index in [2.05, 4.69) is 38.5 Å². The summed E-state index contributed by atoms with van der Waals surface area (Å²) in [5.74, 6) is -4.76. The number of imidazole rings is 1. The highest BCUT2D eigenvalue weighted by Gasteiger charge is 2.30. The van der Waals surface area contributed by atoms with Gasteiger partial charge in [0.25, 0.3) is 0 Å². The molecule has 0 aliphatic carbocycles. The standard InChI is InChI=1S/C23H30N6O7S/c24-15(6-7-19(30)31)20(32)29-18(11-37)22(34)27-16(8-13-4-2-1-3-5-13)21(33)28-17(23(35)36)9-14-10-25-12-26-14/h1-5,10,12,15-18,37H,6-9,11,24H2,(H,25,26)(H,27,34)(H,28,33)(H,29,32)(H,30,31)(H,35,36). The highest BCUT2D eigenvalue weighted by Crippen LogP contribution is 2.07. The van der Waals surface area contributed by atoms with Crippen LogP contribution in [-0.2, 0) is 36.8 Å². The molecule has 0 bridgehead atoms. The first kappa shape index (κ1) is 29.3. The van der Waals surface area contributed by atoms with Gasteiger partial charge in [0.2, 0.25) is 17.7 Å². The summed E-state index contributed by atoms with van der Waals surface area (Å²) in [5, 5.41) is 25.7. The molecular weight excluding hydrogens is 504 g/mol. The van der Waals surface area contributed by atoms with E-state index in [4.69, 9.17) is 10.8 Å². The van der Waals surface area contributed by atoms with E-state index in [9.17, 15) is 29.1 Å². The number of hydrogen-bond donors (Lipinski definition) is 8. The molecule has 0 radical (unpaired) electrons. The number of amides is 3. The second kappa shape index (κ2) is 14.6. The number of nitrogens with one attached hydrogen (secondary N) is 4. The van der Waals surface area contributed by atoms with Gasteiger partial charge in [0.05, 0.1) is 12.4 Å². The fourth-order valence-electron chi connectivity index (χ4n) is 3.30. The summed E-state index contributed by atoms with van der Waals surface area (Å²) in [6.45, 7) is 0. The maximum atomic E-state index is 13.1. The summed E-state index contributed by atoms with van der Waals surface area (Å²) in [7, 11) is 0. The van der Waals surface area contributed by atoms with Crippen molar-refractivity contribution >= 4 is 42.3 Å². The Morgan fingerprint density at radius 3 is 2.11 bits per heavy atom. The number of aromatic nitrogens is 2. The first-order valence-corrected chi connectivity index (χ1v) is 12.0. The fraction of sp³-hybridized carbons (Fsp3) is 0.391. The molecule has 1 heterocycles. The summed E-state index contributed by atoms with van der Waals surface area (Å²) >= 11 is 4.09. The number of thiol groups is 1. The van der Waals surface area contributed by atoms with Gasteiger partial charge in [-0.05, 0) is 12.0 Å². The number of aliphatic carboxylic acids is 2. The van der Waals surface area contributed by atoms with Crippen molar-refractivity contribution in [3.8, 4) is 0 Å². The van der Waals surface area contributed by atoms with Gasteiger partial charge in [0.1, 0.15) is 18.1 Å². The molecule has 0 fully saturated rings. The molecule has 0 saturated carbocycles. The minimum Gasteiger partial charge on any atom is -0.481 e. The van der Waals surface area contributed by atoms with E-state index in [0.717, 1.165) is 0 Å². The van der Waals surface area contributed by atoms with Gasteiger partial charge in [-0.15, -0.1) is 0 Å². The maximum Gasteiger partial charge on any atom is 0.326 e. The maximum absolute atomic E-state index is 13.1. The molecule has 0 spiro atoms. The summed E-state index contributed by atoms with van der Waals surface area (Å²) in [4.78, 5) is 67.5. The van der Waals surface area contributed by atoms with Crippen molar-refractivity contribution < 1.29 is 34.2 Å². The number of aromatic amines is 1. The number of carboxylic acids is 2. The lowest BCUT2D eigenvalue weighted by Crippen LogP contribution is -2.58. The molecule has 37 heavy (non-hydrogen) atoms. The molecule has 4 unspecified atom stereocenters. The third-order valence-electron chi connectivity index (χ3n) is 5.33. The van der Waals surface area contributed by atoms with E-state index in [-0.39, 0.29) is 31.4 Å². The molecule has 0 aliphatic rings. The lowest BCUT2D eigenvalue weighted by molar-refractivity contribution is -0.142. The van der Waals surface area contributed by atoms with Crippen LogP contribution in [0.1, 0.15) is 24.1 Å². The number of nitrogens with zero attached hydrogens (tertiary/aromatic N) is 1. The number of carbonyl (C=O) groups is 5. The number of H-pyrrole nitrogens is 1. The topological polar surface area (TPSA) is 217 Å². The van der Waals surface area contributed by atoms with Gasteiger partial charge >= 0.3 is 11.9 Å². The van der Waals surface area contributed by atoms with Gasteiger partial charge in [-0.25, -0.2) is 9.78 Å². The first-order valence-electron chi connectivity index (χ1n) is 11.3. The lowest BCUT2D eigenvalue weighted by Gasteiger charge is -2.24. The van der Waals surface area contributed by atoms with Crippen molar-refractivity contribution in [3.63, 3.8) is 0 Å². The zero-order valence-corrected chi connectivity index (χ0v) is 20.7. The molecule has 2 aromatic rings. The SMILES string of the molecule is NC(CCC(=O)O)C(=O)NC(CS)C(=O)NC(Cc1ccccc1)C(=O)NC(Cc1cnc[nH]1)C(=O)O. The molecule has 13 nitrogen and oxygen atoms in total. The fourth-order valence-corrected chi connectivity index (χ4v) is 3.56. The lowest BCUT2D eigenvalue weighted by atomic mass is 10.0. The first-order chi connectivity index (χ1) is 17.6. The van der Waals surface area contributed by atoms with E-state index in [1.165, 1.54) is 12.5 Å². The van der Waals surface area contributed by atoms with Gasteiger partial charge in [-0.2, -0.15) is 12.6 Å². The molecule has 4 atom stereocenters. The van der Waals surface area contributed by atoms with Crippen LogP contribution < -0.4 is 21.7 Å². The van der Waals surface area contributed by atoms with Gasteiger partial charge in [-0.1, -0.05) is 30.3 Å². The predicted molar refractivity (Wildman–Crippen MR) is 135 cm³/mol. The van der Waals surface area contributed by atoms with Crippen molar-refractivity contribution in [3.05, 3.63) is 54.1 Å². The molecule has 14 heteroatoms. The average Bonchev–Trinajstić information content (AvgIpc) is 3.38. The predicted octanol–water partition coefficient (Wildman–Crippen LogP) is -1.14. The van der Waals surface area contributed by atoms with Gasteiger partial charge in [-0.3, -0.25) is 19.2 Å². The summed E-state index contributed by atoms with van der Waals surface area (Å²) in [6, 6.07) is 3.94. The average molecular weight is 535 g/mol. The molecule has 200 valence electrons. The number of carboxylic acid groups (broad SMARTS) is 2. The number of benzene rings is 1. The molecule has 1 aromatic heterocycles. The number of rotatable bonds is 15.